The zero-order chi connectivity index (χ0) is 10.6. The summed E-state index contributed by atoms with van der Waals surface area (Å²) in [7, 11) is 0. The van der Waals surface area contributed by atoms with Gasteiger partial charge in [0.15, 0.2) is 0 Å². The highest BCUT2D eigenvalue weighted by molar-refractivity contribution is 5.90. The van der Waals surface area contributed by atoms with Gasteiger partial charge in [-0.25, -0.2) is 4.79 Å². The Morgan fingerprint density at radius 1 is 1.50 bits per heavy atom. The second-order valence-corrected chi connectivity index (χ2v) is 3.04. The smallest absolute Gasteiger partial charge is 0.335 e. The van der Waals surface area contributed by atoms with Crippen molar-refractivity contribution >= 4 is 12.3 Å². The molecule has 14 heavy (non-hydrogen) atoms. The lowest BCUT2D eigenvalue weighted by Gasteiger charge is -2.10. The Kier molecular flexibility index (Phi) is 3.40. The fraction of sp³-hybridized carbons (Fsp3) is 0.273. The minimum atomic E-state index is -0.985. The van der Waals surface area contributed by atoms with Gasteiger partial charge in [-0.05, 0) is 18.1 Å². The van der Waals surface area contributed by atoms with Gasteiger partial charge in [0.1, 0.15) is 6.29 Å². The molecule has 0 bridgehead atoms. The van der Waals surface area contributed by atoms with E-state index in [1.54, 1.807) is 18.2 Å². The fourth-order valence-corrected chi connectivity index (χ4v) is 1.40. The topological polar surface area (TPSA) is 54.4 Å². The summed E-state index contributed by atoms with van der Waals surface area (Å²) >= 11 is 0. The average Bonchev–Trinajstić information content (AvgIpc) is 2.20. The first-order valence-electron chi connectivity index (χ1n) is 4.48. The summed E-state index contributed by atoms with van der Waals surface area (Å²) in [6.45, 7) is 1.86. The number of carboxylic acid groups (broad SMARTS) is 1. The third kappa shape index (κ3) is 1.99. The molecule has 0 spiro atoms. The molecule has 0 saturated carbocycles. The van der Waals surface area contributed by atoms with Crippen molar-refractivity contribution in [3.63, 3.8) is 0 Å². The third-order valence-electron chi connectivity index (χ3n) is 2.19. The molecule has 0 radical (unpaired) electrons. The van der Waals surface area contributed by atoms with Crippen LogP contribution in [0.2, 0.25) is 0 Å². The molecule has 74 valence electrons. The highest BCUT2D eigenvalue weighted by atomic mass is 16.4. The molecule has 1 atom stereocenters. The molecule has 0 aromatic heterocycles. The van der Waals surface area contributed by atoms with Gasteiger partial charge in [0.05, 0.1) is 5.56 Å². The van der Waals surface area contributed by atoms with Crippen LogP contribution in [0, 0.1) is 0 Å². The third-order valence-corrected chi connectivity index (χ3v) is 2.19. The zero-order valence-corrected chi connectivity index (χ0v) is 7.93. The van der Waals surface area contributed by atoms with Crippen LogP contribution in [0.15, 0.2) is 24.3 Å². The van der Waals surface area contributed by atoms with E-state index in [9.17, 15) is 9.59 Å². The van der Waals surface area contributed by atoms with E-state index in [2.05, 4.69) is 0 Å². The number of aromatic carboxylic acids is 1. The van der Waals surface area contributed by atoms with Crippen LogP contribution in [-0.4, -0.2) is 17.4 Å². The van der Waals surface area contributed by atoms with Gasteiger partial charge in [-0.2, -0.15) is 0 Å². The molecule has 0 aliphatic carbocycles. The van der Waals surface area contributed by atoms with Crippen molar-refractivity contribution in [2.24, 2.45) is 0 Å². The summed E-state index contributed by atoms with van der Waals surface area (Å²) < 4.78 is 0. The van der Waals surface area contributed by atoms with Crippen molar-refractivity contribution < 1.29 is 14.7 Å². The monoisotopic (exact) mass is 192 g/mol. The van der Waals surface area contributed by atoms with Crippen molar-refractivity contribution in [2.75, 3.05) is 0 Å². The van der Waals surface area contributed by atoms with Gasteiger partial charge in [-0.3, -0.25) is 0 Å². The largest absolute Gasteiger partial charge is 0.478 e. The van der Waals surface area contributed by atoms with Gasteiger partial charge in [0.25, 0.3) is 0 Å². The summed E-state index contributed by atoms with van der Waals surface area (Å²) in [6, 6.07) is 6.61. The van der Waals surface area contributed by atoms with Crippen LogP contribution in [0.1, 0.15) is 35.2 Å². The van der Waals surface area contributed by atoms with Crippen LogP contribution in [-0.2, 0) is 4.79 Å². The molecule has 0 unspecified atom stereocenters. The molecule has 3 nitrogen and oxygen atoms in total. The minimum absolute atomic E-state index is 0.214. The lowest BCUT2D eigenvalue weighted by Crippen LogP contribution is -2.07. The molecule has 0 saturated heterocycles. The van der Waals surface area contributed by atoms with Crippen LogP contribution in [0.4, 0.5) is 0 Å². The second kappa shape index (κ2) is 4.56. The number of carboxylic acids is 1. The molecule has 3 heteroatoms. The predicted molar refractivity (Wildman–Crippen MR) is 52.5 cm³/mol. The Bertz CT molecular complexity index is 344. The summed E-state index contributed by atoms with van der Waals surface area (Å²) in [4.78, 5) is 21.6. The summed E-state index contributed by atoms with van der Waals surface area (Å²) in [5.74, 6) is -1.30. The molecule has 0 aliphatic heterocycles. The highest BCUT2D eigenvalue weighted by Gasteiger charge is 2.15. The van der Waals surface area contributed by atoms with Crippen LogP contribution in [0.5, 0.6) is 0 Å². The Morgan fingerprint density at radius 3 is 2.64 bits per heavy atom. The van der Waals surface area contributed by atoms with Crippen molar-refractivity contribution in [2.45, 2.75) is 19.3 Å². The number of rotatable bonds is 4. The van der Waals surface area contributed by atoms with Crippen molar-refractivity contribution in [1.29, 1.82) is 0 Å². The van der Waals surface area contributed by atoms with Crippen molar-refractivity contribution in [3.05, 3.63) is 35.4 Å². The number of hydrogen-bond donors (Lipinski definition) is 1. The van der Waals surface area contributed by atoms with E-state index < -0.39 is 5.97 Å². The van der Waals surface area contributed by atoms with Gasteiger partial charge in [-0.15, -0.1) is 0 Å². The second-order valence-electron chi connectivity index (χ2n) is 3.04. The van der Waals surface area contributed by atoms with Gasteiger partial charge in [-0.1, -0.05) is 25.1 Å². The molecule has 1 N–H and O–H groups in total. The molecule has 1 aromatic carbocycles. The zero-order valence-electron chi connectivity index (χ0n) is 7.93. The molecule has 0 heterocycles. The van der Waals surface area contributed by atoms with Crippen molar-refractivity contribution in [3.8, 4) is 0 Å². The van der Waals surface area contributed by atoms with Crippen LogP contribution < -0.4 is 0 Å². The van der Waals surface area contributed by atoms with Crippen molar-refractivity contribution in [1.82, 2.24) is 0 Å². The van der Waals surface area contributed by atoms with Crippen LogP contribution in [0.25, 0.3) is 0 Å². The van der Waals surface area contributed by atoms with Gasteiger partial charge in [0.2, 0.25) is 0 Å². The average molecular weight is 192 g/mol. The Morgan fingerprint density at radius 2 is 2.14 bits per heavy atom. The first-order chi connectivity index (χ1) is 6.70. The molecular formula is C11H12O3. The molecular weight excluding hydrogens is 180 g/mol. The minimum Gasteiger partial charge on any atom is -0.478 e. The summed E-state index contributed by atoms with van der Waals surface area (Å²) in [5.41, 5.74) is 0.809. The number of hydrogen-bond acceptors (Lipinski definition) is 2. The maximum absolute atomic E-state index is 10.8. The fourth-order valence-electron chi connectivity index (χ4n) is 1.40. The Hall–Kier alpha value is -1.64. The van der Waals surface area contributed by atoms with E-state index in [1.807, 2.05) is 6.92 Å². The van der Waals surface area contributed by atoms with Crippen LogP contribution >= 0.6 is 0 Å². The summed E-state index contributed by atoms with van der Waals surface area (Å²) in [5, 5.41) is 8.89. The Balaban J connectivity index is 3.18. The van der Waals surface area contributed by atoms with E-state index in [4.69, 9.17) is 5.11 Å². The van der Waals surface area contributed by atoms with E-state index in [0.717, 1.165) is 6.29 Å². The van der Waals surface area contributed by atoms with E-state index in [1.165, 1.54) is 6.07 Å². The molecule has 0 fully saturated rings. The highest BCUT2D eigenvalue weighted by Crippen LogP contribution is 2.21. The molecule has 0 amide bonds. The van der Waals surface area contributed by atoms with E-state index in [0.29, 0.717) is 12.0 Å². The van der Waals surface area contributed by atoms with E-state index >= 15 is 0 Å². The maximum Gasteiger partial charge on any atom is 0.335 e. The number of aldehydes is 1. The first-order valence-corrected chi connectivity index (χ1v) is 4.48. The number of carbonyl (C=O) groups is 2. The molecule has 1 aromatic rings. The lowest BCUT2D eigenvalue weighted by atomic mass is 9.93. The Labute approximate surface area is 82.4 Å². The maximum atomic E-state index is 10.8. The number of carbonyl (C=O) groups excluding carboxylic acids is 1. The quantitative estimate of drug-likeness (QED) is 0.743. The normalized spacial score (nSPS) is 12.1. The molecule has 1 rings (SSSR count). The van der Waals surface area contributed by atoms with Gasteiger partial charge < -0.3 is 9.90 Å². The summed E-state index contributed by atoms with van der Waals surface area (Å²) in [6.07, 6.45) is 1.41. The first kappa shape index (κ1) is 10.4. The van der Waals surface area contributed by atoms with Gasteiger partial charge >= 0.3 is 5.97 Å². The van der Waals surface area contributed by atoms with Gasteiger partial charge in [0, 0.05) is 5.92 Å². The van der Waals surface area contributed by atoms with Crippen LogP contribution in [0.3, 0.4) is 0 Å². The van der Waals surface area contributed by atoms with E-state index in [-0.39, 0.29) is 11.5 Å². The predicted octanol–water partition coefficient (Wildman–Crippen LogP) is 2.08. The lowest BCUT2D eigenvalue weighted by molar-refractivity contribution is -0.109. The number of benzene rings is 1. The standard InChI is InChI=1S/C11H12O3/c1-2-8(7-12)9-5-3-4-6-10(9)11(13)14/h3-8H,2H2,1H3,(H,13,14)/t8-/m1/s1. The SMILES string of the molecule is CC[C@H](C=O)c1ccccc1C(=O)O. The molecule has 0 aliphatic rings.